The first-order valence-electron chi connectivity index (χ1n) is 8.51. The Morgan fingerprint density at radius 2 is 2.08 bits per heavy atom. The van der Waals surface area contributed by atoms with Crippen molar-refractivity contribution in [2.45, 2.75) is 44.1 Å². The highest BCUT2D eigenvalue weighted by molar-refractivity contribution is 5.39. The monoisotopic (exact) mass is 336 g/mol. The van der Waals surface area contributed by atoms with Crippen molar-refractivity contribution < 1.29 is 13.9 Å². The molecule has 1 N–H and O–H groups in total. The summed E-state index contributed by atoms with van der Waals surface area (Å²) in [6.07, 6.45) is 4.55. The van der Waals surface area contributed by atoms with Crippen LogP contribution in [0.5, 0.6) is 0 Å². The number of hydrogen-bond donors (Lipinski definition) is 1. The maximum atomic E-state index is 13.1. The lowest BCUT2D eigenvalue weighted by Gasteiger charge is -2.48. The smallest absolute Gasteiger partial charge is 0.272 e. The first kappa shape index (κ1) is 15.9. The van der Waals surface area contributed by atoms with Gasteiger partial charge in [-0.1, -0.05) is 6.07 Å². The standard InChI is InChI=1S/C17H22F2N4O/c1-11-20-16-5-2-12(7-23(16)21-11)15-4-3-14(6-13(15)8-24)22-9-17(18,19)10-22/h2,5,7,13-15,24H,3-4,6,8-10H2,1H3. The third-order valence-corrected chi connectivity index (χ3v) is 5.46. The molecule has 2 aromatic rings. The zero-order valence-corrected chi connectivity index (χ0v) is 13.7. The van der Waals surface area contributed by atoms with E-state index in [1.54, 1.807) is 4.52 Å². The number of rotatable bonds is 3. The van der Waals surface area contributed by atoms with Crippen molar-refractivity contribution in [1.82, 2.24) is 19.5 Å². The number of aromatic nitrogens is 3. The number of alkyl halides is 2. The van der Waals surface area contributed by atoms with E-state index in [0.29, 0.717) is 0 Å². The lowest BCUT2D eigenvalue weighted by Crippen LogP contribution is -2.61. The molecule has 0 aromatic carbocycles. The minimum atomic E-state index is -2.53. The second-order valence-corrected chi connectivity index (χ2v) is 7.20. The molecule has 1 aliphatic carbocycles. The number of pyridine rings is 1. The molecule has 3 atom stereocenters. The average Bonchev–Trinajstić information content (AvgIpc) is 2.91. The van der Waals surface area contributed by atoms with Crippen LogP contribution in [-0.4, -0.2) is 56.3 Å². The van der Waals surface area contributed by atoms with Crippen molar-refractivity contribution in [2.75, 3.05) is 19.7 Å². The summed E-state index contributed by atoms with van der Waals surface area (Å²) >= 11 is 0. The van der Waals surface area contributed by atoms with Gasteiger partial charge in [-0.25, -0.2) is 18.3 Å². The summed E-state index contributed by atoms with van der Waals surface area (Å²) < 4.78 is 28.0. The van der Waals surface area contributed by atoms with Crippen LogP contribution in [0.4, 0.5) is 8.78 Å². The number of aryl methyl sites for hydroxylation is 1. The molecule has 24 heavy (non-hydrogen) atoms. The van der Waals surface area contributed by atoms with Crippen LogP contribution in [-0.2, 0) is 0 Å². The lowest BCUT2D eigenvalue weighted by atomic mass is 9.73. The van der Waals surface area contributed by atoms with Crippen LogP contribution >= 0.6 is 0 Å². The zero-order valence-electron chi connectivity index (χ0n) is 13.7. The fourth-order valence-electron chi connectivity index (χ4n) is 4.25. The van der Waals surface area contributed by atoms with E-state index in [0.717, 1.165) is 36.3 Å². The third-order valence-electron chi connectivity index (χ3n) is 5.46. The molecule has 2 aromatic heterocycles. The zero-order chi connectivity index (χ0) is 16.9. The second kappa shape index (κ2) is 5.74. The quantitative estimate of drug-likeness (QED) is 0.934. The van der Waals surface area contributed by atoms with Gasteiger partial charge in [-0.15, -0.1) is 0 Å². The number of fused-ring (bicyclic) bond motifs is 1. The van der Waals surface area contributed by atoms with Crippen molar-refractivity contribution in [3.8, 4) is 0 Å². The molecule has 3 unspecified atom stereocenters. The van der Waals surface area contributed by atoms with E-state index >= 15 is 0 Å². The van der Waals surface area contributed by atoms with E-state index in [-0.39, 0.29) is 37.6 Å². The van der Waals surface area contributed by atoms with E-state index in [9.17, 15) is 13.9 Å². The van der Waals surface area contributed by atoms with Crippen LogP contribution in [0.3, 0.4) is 0 Å². The SMILES string of the molecule is Cc1nc2ccc(C3CCC(N4CC(F)(F)C4)CC3CO)cn2n1. The highest BCUT2D eigenvalue weighted by Crippen LogP contribution is 2.42. The van der Waals surface area contributed by atoms with Crippen LogP contribution in [0.2, 0.25) is 0 Å². The predicted molar refractivity (Wildman–Crippen MR) is 85.2 cm³/mol. The Morgan fingerprint density at radius 3 is 2.79 bits per heavy atom. The molecule has 3 heterocycles. The molecular formula is C17H22F2N4O. The Hall–Kier alpha value is -1.60. The highest BCUT2D eigenvalue weighted by atomic mass is 19.3. The molecule has 0 spiro atoms. The third kappa shape index (κ3) is 2.80. The van der Waals surface area contributed by atoms with Gasteiger partial charge in [-0.3, -0.25) is 4.90 Å². The fourth-order valence-corrected chi connectivity index (χ4v) is 4.25. The summed E-state index contributed by atoms with van der Waals surface area (Å²) in [5, 5.41) is 14.2. The summed E-state index contributed by atoms with van der Waals surface area (Å²) in [4.78, 5) is 6.19. The topological polar surface area (TPSA) is 53.7 Å². The van der Waals surface area contributed by atoms with Gasteiger partial charge >= 0.3 is 0 Å². The Bertz CT molecular complexity index is 739. The lowest BCUT2D eigenvalue weighted by molar-refractivity contribution is -0.153. The molecule has 0 radical (unpaired) electrons. The number of hydrogen-bond acceptors (Lipinski definition) is 4. The van der Waals surface area contributed by atoms with E-state index in [2.05, 4.69) is 16.1 Å². The van der Waals surface area contributed by atoms with Gasteiger partial charge in [0.15, 0.2) is 5.65 Å². The molecule has 5 nitrogen and oxygen atoms in total. The van der Waals surface area contributed by atoms with Gasteiger partial charge in [0, 0.05) is 18.8 Å². The van der Waals surface area contributed by atoms with Gasteiger partial charge in [0.2, 0.25) is 0 Å². The average molecular weight is 336 g/mol. The summed E-state index contributed by atoms with van der Waals surface area (Å²) in [6.45, 7) is 1.67. The van der Waals surface area contributed by atoms with Crippen molar-refractivity contribution in [3.05, 3.63) is 29.7 Å². The molecule has 0 amide bonds. The van der Waals surface area contributed by atoms with Gasteiger partial charge in [0.25, 0.3) is 5.92 Å². The van der Waals surface area contributed by atoms with Crippen molar-refractivity contribution in [3.63, 3.8) is 0 Å². The van der Waals surface area contributed by atoms with E-state index in [1.807, 2.05) is 24.1 Å². The van der Waals surface area contributed by atoms with E-state index in [1.165, 1.54) is 0 Å². The Labute approximate surface area is 139 Å². The summed E-state index contributed by atoms with van der Waals surface area (Å²) in [5.41, 5.74) is 1.95. The molecule has 0 bridgehead atoms. The molecule has 1 saturated heterocycles. The highest BCUT2D eigenvalue weighted by Gasteiger charge is 2.48. The minimum absolute atomic E-state index is 0.0832. The van der Waals surface area contributed by atoms with Crippen molar-refractivity contribution >= 4 is 5.65 Å². The number of nitrogens with zero attached hydrogens (tertiary/aromatic N) is 4. The summed E-state index contributed by atoms with van der Waals surface area (Å²) in [7, 11) is 0. The number of aliphatic hydroxyl groups excluding tert-OH is 1. The molecule has 2 fully saturated rings. The van der Waals surface area contributed by atoms with Crippen LogP contribution in [0, 0.1) is 12.8 Å². The van der Waals surface area contributed by atoms with Crippen molar-refractivity contribution in [2.24, 2.45) is 5.92 Å². The van der Waals surface area contributed by atoms with Crippen LogP contribution in [0.1, 0.15) is 36.6 Å². The van der Waals surface area contributed by atoms with Crippen LogP contribution in [0.15, 0.2) is 18.3 Å². The number of likely N-dealkylation sites (tertiary alicyclic amines) is 1. The summed E-state index contributed by atoms with van der Waals surface area (Å²) in [6, 6.07) is 4.16. The fraction of sp³-hybridized carbons (Fsp3) is 0.647. The second-order valence-electron chi connectivity index (χ2n) is 7.20. The van der Waals surface area contributed by atoms with E-state index in [4.69, 9.17) is 0 Å². The predicted octanol–water partition coefficient (Wildman–Crippen LogP) is 2.23. The maximum absolute atomic E-state index is 13.1. The largest absolute Gasteiger partial charge is 0.396 e. The molecular weight excluding hydrogens is 314 g/mol. The molecule has 1 saturated carbocycles. The van der Waals surface area contributed by atoms with Gasteiger partial charge < -0.3 is 5.11 Å². The van der Waals surface area contributed by atoms with Gasteiger partial charge in [-0.2, -0.15) is 5.10 Å². The minimum Gasteiger partial charge on any atom is -0.396 e. The van der Waals surface area contributed by atoms with Crippen molar-refractivity contribution in [1.29, 1.82) is 0 Å². The molecule has 2 aliphatic rings. The molecule has 1 aliphatic heterocycles. The van der Waals surface area contributed by atoms with Crippen LogP contribution in [0.25, 0.3) is 5.65 Å². The molecule has 7 heteroatoms. The number of aliphatic hydroxyl groups is 1. The first-order chi connectivity index (χ1) is 11.4. The number of halogens is 2. The normalized spacial score (nSPS) is 30.4. The Balaban J connectivity index is 1.50. The Morgan fingerprint density at radius 1 is 1.29 bits per heavy atom. The van der Waals surface area contributed by atoms with E-state index < -0.39 is 5.92 Å². The maximum Gasteiger partial charge on any atom is 0.272 e. The summed E-state index contributed by atoms with van der Waals surface area (Å²) in [5.74, 6) is -1.46. The molecule has 130 valence electrons. The molecule has 4 rings (SSSR count). The van der Waals surface area contributed by atoms with Gasteiger partial charge in [0.1, 0.15) is 5.82 Å². The van der Waals surface area contributed by atoms with Gasteiger partial charge in [-0.05, 0) is 49.7 Å². The van der Waals surface area contributed by atoms with Crippen LogP contribution < -0.4 is 0 Å². The Kier molecular flexibility index (Phi) is 3.80. The van der Waals surface area contributed by atoms with Gasteiger partial charge in [0.05, 0.1) is 13.1 Å². The first-order valence-corrected chi connectivity index (χ1v) is 8.51.